The molecule has 6 heteroatoms. The number of nitrogens with one attached hydrogen (secondary N) is 1. The zero-order valence-corrected chi connectivity index (χ0v) is 15.1. The summed E-state index contributed by atoms with van der Waals surface area (Å²) in [5, 5.41) is 4.21. The van der Waals surface area contributed by atoms with Gasteiger partial charge in [0.2, 0.25) is 0 Å². The number of benzene rings is 2. The summed E-state index contributed by atoms with van der Waals surface area (Å²) in [7, 11) is -3.15. The Bertz CT molecular complexity index is 806. The fourth-order valence-corrected chi connectivity index (χ4v) is 3.96. The molecule has 1 heterocycles. The van der Waals surface area contributed by atoms with E-state index in [4.69, 9.17) is 11.6 Å². The fourth-order valence-electron chi connectivity index (χ4n) is 3.06. The quantitative estimate of drug-likeness (QED) is 0.906. The Labute approximate surface area is 148 Å². The van der Waals surface area contributed by atoms with Crippen molar-refractivity contribution in [3.05, 3.63) is 64.7 Å². The van der Waals surface area contributed by atoms with E-state index in [-0.39, 0.29) is 6.04 Å². The Kier molecular flexibility index (Phi) is 5.25. The molecule has 2 aromatic carbocycles. The number of hydrogen-bond acceptors (Lipinski definition) is 4. The third-order valence-corrected chi connectivity index (χ3v) is 5.83. The van der Waals surface area contributed by atoms with Crippen molar-refractivity contribution in [2.75, 3.05) is 25.9 Å². The second-order valence-corrected chi connectivity index (χ2v) is 8.55. The predicted octanol–water partition coefficient (Wildman–Crippen LogP) is 2.89. The summed E-state index contributed by atoms with van der Waals surface area (Å²) in [5.41, 5.74) is 2.22. The van der Waals surface area contributed by atoms with Crippen LogP contribution >= 0.6 is 11.6 Å². The van der Waals surface area contributed by atoms with Gasteiger partial charge in [0.1, 0.15) is 0 Å². The lowest BCUT2D eigenvalue weighted by molar-refractivity contribution is 0.154. The molecule has 1 aliphatic rings. The average Bonchev–Trinajstić information content (AvgIpc) is 2.56. The highest BCUT2D eigenvalue weighted by Gasteiger charge is 2.25. The van der Waals surface area contributed by atoms with Crippen LogP contribution in [0.25, 0.3) is 0 Å². The van der Waals surface area contributed by atoms with Crippen LogP contribution in [0.4, 0.5) is 0 Å². The molecule has 0 aliphatic carbocycles. The molecule has 24 heavy (non-hydrogen) atoms. The maximum atomic E-state index is 11.6. The third-order valence-electron chi connectivity index (χ3n) is 4.36. The molecule has 1 unspecified atom stereocenters. The number of sulfone groups is 1. The Balaban J connectivity index is 1.81. The largest absolute Gasteiger partial charge is 0.314 e. The molecule has 0 spiro atoms. The van der Waals surface area contributed by atoms with Crippen molar-refractivity contribution >= 4 is 21.4 Å². The van der Waals surface area contributed by atoms with E-state index in [0.717, 1.165) is 42.3 Å². The van der Waals surface area contributed by atoms with Crippen molar-refractivity contribution in [1.82, 2.24) is 10.2 Å². The summed E-state index contributed by atoms with van der Waals surface area (Å²) < 4.78 is 23.2. The van der Waals surface area contributed by atoms with Gasteiger partial charge in [0.05, 0.1) is 4.90 Å². The predicted molar refractivity (Wildman–Crippen MR) is 97.0 cm³/mol. The average molecular weight is 365 g/mol. The maximum absolute atomic E-state index is 11.6. The van der Waals surface area contributed by atoms with E-state index in [1.807, 2.05) is 30.3 Å². The molecule has 0 bridgehead atoms. The van der Waals surface area contributed by atoms with E-state index in [1.54, 1.807) is 12.1 Å². The van der Waals surface area contributed by atoms with Gasteiger partial charge < -0.3 is 5.32 Å². The molecule has 1 fully saturated rings. The monoisotopic (exact) mass is 364 g/mol. The van der Waals surface area contributed by atoms with E-state index >= 15 is 0 Å². The first kappa shape index (κ1) is 17.4. The maximum Gasteiger partial charge on any atom is 0.175 e. The Morgan fingerprint density at radius 1 is 1.17 bits per heavy atom. The van der Waals surface area contributed by atoms with Crippen molar-refractivity contribution in [1.29, 1.82) is 0 Å². The number of piperazine rings is 1. The van der Waals surface area contributed by atoms with Gasteiger partial charge in [-0.25, -0.2) is 8.42 Å². The third kappa shape index (κ3) is 3.98. The van der Waals surface area contributed by atoms with Gasteiger partial charge >= 0.3 is 0 Å². The SMILES string of the molecule is CS(=O)(=O)c1ccc(CN2CCNCC2c2ccccc2Cl)cc1. The molecular formula is C18H21ClN2O2S. The van der Waals surface area contributed by atoms with Gasteiger partial charge in [0.15, 0.2) is 9.84 Å². The molecule has 0 amide bonds. The molecule has 2 aromatic rings. The van der Waals surface area contributed by atoms with Gasteiger partial charge in [-0.15, -0.1) is 0 Å². The minimum atomic E-state index is -3.15. The summed E-state index contributed by atoms with van der Waals surface area (Å²) in [6.07, 6.45) is 1.23. The van der Waals surface area contributed by atoms with Crippen molar-refractivity contribution in [3.8, 4) is 0 Å². The fraction of sp³-hybridized carbons (Fsp3) is 0.333. The van der Waals surface area contributed by atoms with Crippen molar-refractivity contribution < 1.29 is 8.42 Å². The molecule has 1 N–H and O–H groups in total. The van der Waals surface area contributed by atoms with Gasteiger partial charge in [0.25, 0.3) is 0 Å². The summed E-state index contributed by atoms with van der Waals surface area (Å²) >= 11 is 6.38. The lowest BCUT2D eigenvalue weighted by Crippen LogP contribution is -2.45. The van der Waals surface area contributed by atoms with E-state index < -0.39 is 9.84 Å². The highest BCUT2D eigenvalue weighted by atomic mass is 35.5. The lowest BCUT2D eigenvalue weighted by Gasteiger charge is -2.37. The van der Waals surface area contributed by atoms with Gasteiger partial charge in [-0.3, -0.25) is 4.90 Å². The highest BCUT2D eigenvalue weighted by Crippen LogP contribution is 2.29. The Morgan fingerprint density at radius 2 is 1.88 bits per heavy atom. The molecule has 128 valence electrons. The van der Waals surface area contributed by atoms with E-state index in [2.05, 4.69) is 16.3 Å². The number of hydrogen-bond donors (Lipinski definition) is 1. The van der Waals surface area contributed by atoms with Crippen LogP contribution in [0.5, 0.6) is 0 Å². The van der Waals surface area contributed by atoms with Gasteiger partial charge in [-0.1, -0.05) is 41.9 Å². The van der Waals surface area contributed by atoms with Gasteiger partial charge in [0, 0.05) is 43.5 Å². The van der Waals surface area contributed by atoms with Crippen LogP contribution in [0.1, 0.15) is 17.2 Å². The first-order chi connectivity index (χ1) is 11.4. The molecule has 0 radical (unpaired) electrons. The Morgan fingerprint density at radius 3 is 2.54 bits per heavy atom. The van der Waals surface area contributed by atoms with E-state index in [0.29, 0.717) is 4.90 Å². The molecule has 0 aromatic heterocycles. The summed E-state index contributed by atoms with van der Waals surface area (Å²) in [5.74, 6) is 0. The topological polar surface area (TPSA) is 49.4 Å². The first-order valence-corrected chi connectivity index (χ1v) is 10.2. The van der Waals surface area contributed by atoms with E-state index in [9.17, 15) is 8.42 Å². The summed E-state index contributed by atoms with van der Waals surface area (Å²) in [6, 6.07) is 15.3. The van der Waals surface area contributed by atoms with Crippen LogP contribution in [-0.2, 0) is 16.4 Å². The van der Waals surface area contributed by atoms with Crippen LogP contribution < -0.4 is 5.32 Å². The molecule has 1 atom stereocenters. The van der Waals surface area contributed by atoms with Crippen LogP contribution in [-0.4, -0.2) is 39.2 Å². The lowest BCUT2D eigenvalue weighted by atomic mass is 10.0. The molecule has 3 rings (SSSR count). The highest BCUT2D eigenvalue weighted by molar-refractivity contribution is 7.90. The second-order valence-electron chi connectivity index (χ2n) is 6.13. The molecule has 1 aliphatic heterocycles. The summed E-state index contributed by atoms with van der Waals surface area (Å²) in [6.45, 7) is 3.47. The number of nitrogens with zero attached hydrogens (tertiary/aromatic N) is 1. The van der Waals surface area contributed by atoms with Crippen LogP contribution in [0.2, 0.25) is 5.02 Å². The number of halogens is 1. The molecular weight excluding hydrogens is 344 g/mol. The van der Waals surface area contributed by atoms with Crippen molar-refractivity contribution in [2.45, 2.75) is 17.5 Å². The standard InChI is InChI=1S/C18H21ClN2O2S/c1-24(22,23)15-8-6-14(7-9-15)13-21-11-10-20-12-18(21)16-4-2-3-5-17(16)19/h2-9,18,20H,10-13H2,1H3. The van der Waals surface area contributed by atoms with Gasteiger partial charge in [-0.2, -0.15) is 0 Å². The molecule has 0 saturated carbocycles. The Hall–Kier alpha value is -1.40. The summed E-state index contributed by atoms with van der Waals surface area (Å²) in [4.78, 5) is 2.74. The molecule has 4 nitrogen and oxygen atoms in total. The zero-order valence-electron chi connectivity index (χ0n) is 13.6. The minimum absolute atomic E-state index is 0.210. The van der Waals surface area contributed by atoms with Crippen LogP contribution in [0.3, 0.4) is 0 Å². The smallest absolute Gasteiger partial charge is 0.175 e. The normalized spacial score (nSPS) is 19.3. The zero-order chi connectivity index (χ0) is 17.2. The first-order valence-electron chi connectivity index (χ1n) is 7.93. The van der Waals surface area contributed by atoms with Crippen molar-refractivity contribution in [3.63, 3.8) is 0 Å². The van der Waals surface area contributed by atoms with E-state index in [1.165, 1.54) is 6.26 Å². The van der Waals surface area contributed by atoms with Crippen LogP contribution in [0.15, 0.2) is 53.4 Å². The molecule has 1 saturated heterocycles. The van der Waals surface area contributed by atoms with Crippen molar-refractivity contribution in [2.24, 2.45) is 0 Å². The van der Waals surface area contributed by atoms with Gasteiger partial charge in [-0.05, 0) is 29.3 Å². The second kappa shape index (κ2) is 7.23. The number of rotatable bonds is 4. The van der Waals surface area contributed by atoms with Crippen LogP contribution in [0, 0.1) is 0 Å². The minimum Gasteiger partial charge on any atom is -0.314 e.